The van der Waals surface area contributed by atoms with Crippen molar-refractivity contribution in [2.45, 2.75) is 0 Å². The SMILES string of the molecule is O=C(Nc1ccc(N/N=C2/C=CC(=O)C(C(=O)[O-])=C2)cc1)Nc1ccc(N/N=C2/C=CC(=O)C(C(=O)[O-])=C2)cc1.[Na+].[Na+]. The summed E-state index contributed by atoms with van der Waals surface area (Å²) < 4.78 is 0. The maximum atomic E-state index is 12.4. The number of hydrogen-bond donors (Lipinski definition) is 4. The summed E-state index contributed by atoms with van der Waals surface area (Å²) in [5, 5.41) is 35.3. The Morgan fingerprint density at radius 2 is 0.881 bits per heavy atom. The van der Waals surface area contributed by atoms with Crippen LogP contribution in [-0.4, -0.2) is 41.0 Å². The standard InChI is InChI=1S/C27H20N6O7.2Na/c34-23-11-9-19(13-21(23)25(36)37)32-30-17-5-1-15(2-6-17)28-27(40)29-16-3-7-18(8-4-16)31-33-20-10-12-24(35)22(14-20)26(38)39;;/h1-14,30-31H,(H,36,37)(H,38,39)(H2,28,29,40);;/q;2*+1/p-2/b32-19-,33-20-;;. The van der Waals surface area contributed by atoms with Gasteiger partial charge in [0.15, 0.2) is 11.6 Å². The maximum absolute atomic E-state index is 12.4. The number of nitrogens with zero attached hydrogens (tertiary/aromatic N) is 2. The molecule has 2 amide bonds. The molecule has 15 heteroatoms. The molecule has 0 bridgehead atoms. The van der Waals surface area contributed by atoms with Crippen molar-refractivity contribution < 1.29 is 93.3 Å². The number of amides is 2. The molecule has 0 unspecified atom stereocenters. The number of carbonyl (C=O) groups is 5. The van der Waals surface area contributed by atoms with E-state index in [-0.39, 0.29) is 70.5 Å². The van der Waals surface area contributed by atoms with E-state index >= 15 is 0 Å². The Morgan fingerprint density at radius 1 is 0.548 bits per heavy atom. The van der Waals surface area contributed by atoms with Gasteiger partial charge in [-0.25, -0.2) is 4.79 Å². The zero-order valence-electron chi connectivity index (χ0n) is 22.3. The largest absolute Gasteiger partial charge is 1.00 e. The Bertz CT molecular complexity index is 1470. The van der Waals surface area contributed by atoms with Crippen molar-refractivity contribution in [1.82, 2.24) is 0 Å². The minimum absolute atomic E-state index is 0. The number of rotatable bonds is 8. The monoisotopic (exact) mass is 584 g/mol. The first-order valence-electron chi connectivity index (χ1n) is 11.4. The van der Waals surface area contributed by atoms with Crippen LogP contribution in [0.5, 0.6) is 0 Å². The fourth-order valence-corrected chi connectivity index (χ4v) is 3.30. The molecule has 0 saturated carbocycles. The number of allylic oxidation sites excluding steroid dienone is 6. The van der Waals surface area contributed by atoms with Crippen LogP contribution in [-0.2, 0) is 19.2 Å². The molecular formula is C27H18N6Na2O7. The molecule has 4 rings (SSSR count). The summed E-state index contributed by atoms with van der Waals surface area (Å²) in [5.74, 6) is -4.51. The van der Waals surface area contributed by atoms with E-state index in [1.54, 1.807) is 48.5 Å². The molecule has 0 saturated heterocycles. The van der Waals surface area contributed by atoms with Gasteiger partial charge < -0.3 is 30.4 Å². The number of ketones is 2. The van der Waals surface area contributed by atoms with Crippen LogP contribution < -0.4 is 90.8 Å². The molecule has 0 aromatic heterocycles. The van der Waals surface area contributed by atoms with Crippen LogP contribution in [0.1, 0.15) is 0 Å². The number of urea groups is 1. The van der Waals surface area contributed by atoms with Crippen LogP contribution in [0.15, 0.2) is 106 Å². The second-order valence-corrected chi connectivity index (χ2v) is 8.12. The summed E-state index contributed by atoms with van der Waals surface area (Å²) in [4.78, 5) is 57.3. The summed E-state index contributed by atoms with van der Waals surface area (Å²) >= 11 is 0. The molecule has 0 aliphatic heterocycles. The number of hydrogen-bond acceptors (Lipinski definition) is 11. The van der Waals surface area contributed by atoms with E-state index in [0.717, 1.165) is 24.3 Å². The van der Waals surface area contributed by atoms with E-state index in [0.29, 0.717) is 22.7 Å². The molecule has 200 valence electrons. The van der Waals surface area contributed by atoms with Gasteiger partial charge in [0.2, 0.25) is 0 Å². The topological polar surface area (TPSA) is 204 Å². The molecule has 2 aliphatic carbocycles. The molecule has 2 aromatic rings. The van der Waals surface area contributed by atoms with Crippen molar-refractivity contribution in [2.75, 3.05) is 21.5 Å². The fourth-order valence-electron chi connectivity index (χ4n) is 3.30. The van der Waals surface area contributed by atoms with Gasteiger partial charge >= 0.3 is 65.1 Å². The zero-order chi connectivity index (χ0) is 28.6. The first kappa shape index (κ1) is 34.1. The van der Waals surface area contributed by atoms with E-state index in [1.165, 1.54) is 12.2 Å². The van der Waals surface area contributed by atoms with Crippen LogP contribution >= 0.6 is 0 Å². The number of nitrogens with one attached hydrogen (secondary N) is 4. The molecule has 0 radical (unpaired) electrons. The molecule has 0 atom stereocenters. The van der Waals surface area contributed by atoms with E-state index in [9.17, 15) is 34.2 Å². The quantitative estimate of drug-likeness (QED) is 0.101. The Morgan fingerprint density at radius 3 is 1.21 bits per heavy atom. The van der Waals surface area contributed by atoms with Crippen molar-refractivity contribution in [1.29, 1.82) is 0 Å². The minimum Gasteiger partial charge on any atom is -0.545 e. The fraction of sp³-hybridized carbons (Fsp3) is 0. The summed E-state index contributed by atoms with van der Waals surface area (Å²) in [7, 11) is 0. The minimum atomic E-state index is -1.58. The van der Waals surface area contributed by atoms with E-state index < -0.39 is 40.7 Å². The molecule has 0 heterocycles. The van der Waals surface area contributed by atoms with Gasteiger partial charge in [-0.2, -0.15) is 10.2 Å². The van der Waals surface area contributed by atoms with Crippen molar-refractivity contribution >= 4 is 63.7 Å². The normalized spacial score (nSPS) is 15.5. The number of carboxylic acid groups (broad SMARTS) is 2. The van der Waals surface area contributed by atoms with Crippen molar-refractivity contribution in [3.8, 4) is 0 Å². The van der Waals surface area contributed by atoms with Crippen molar-refractivity contribution in [3.05, 3.63) is 96.1 Å². The zero-order valence-corrected chi connectivity index (χ0v) is 26.3. The van der Waals surface area contributed by atoms with Crippen LogP contribution in [0.4, 0.5) is 27.5 Å². The van der Waals surface area contributed by atoms with Gasteiger partial charge in [-0.3, -0.25) is 20.4 Å². The third-order valence-electron chi connectivity index (χ3n) is 5.28. The van der Waals surface area contributed by atoms with Gasteiger partial charge in [-0.15, -0.1) is 0 Å². The number of carboxylic acids is 2. The summed E-state index contributed by atoms with van der Waals surface area (Å²) in [6.45, 7) is 0. The number of aliphatic carboxylic acids is 2. The predicted molar refractivity (Wildman–Crippen MR) is 142 cm³/mol. The average Bonchev–Trinajstić information content (AvgIpc) is 2.93. The van der Waals surface area contributed by atoms with E-state index in [4.69, 9.17) is 0 Å². The molecular weight excluding hydrogens is 566 g/mol. The van der Waals surface area contributed by atoms with Crippen LogP contribution in [0.2, 0.25) is 0 Å². The molecule has 13 nitrogen and oxygen atoms in total. The Hall–Kier alpha value is -4.11. The number of carbonyl (C=O) groups excluding carboxylic acids is 5. The van der Waals surface area contributed by atoms with Gasteiger partial charge in [-0.05, 0) is 85.0 Å². The second-order valence-electron chi connectivity index (χ2n) is 8.12. The predicted octanol–water partition coefficient (Wildman–Crippen LogP) is -5.50. The van der Waals surface area contributed by atoms with Gasteiger partial charge in [0.25, 0.3) is 0 Å². The molecule has 42 heavy (non-hydrogen) atoms. The second kappa shape index (κ2) is 15.8. The summed E-state index contributed by atoms with van der Waals surface area (Å²) in [5.41, 5.74) is 6.96. The summed E-state index contributed by atoms with van der Waals surface area (Å²) in [6, 6.07) is 12.5. The Balaban J connectivity index is 0.00000308. The van der Waals surface area contributed by atoms with Gasteiger partial charge in [-0.1, -0.05) is 0 Å². The van der Waals surface area contributed by atoms with E-state index in [1.807, 2.05) is 0 Å². The summed E-state index contributed by atoms with van der Waals surface area (Å²) in [6.07, 6.45) is 7.10. The smallest absolute Gasteiger partial charge is 0.545 e. The van der Waals surface area contributed by atoms with Gasteiger partial charge in [0.05, 0.1) is 34.7 Å². The number of benzene rings is 2. The molecule has 2 aliphatic rings. The molecule has 0 fully saturated rings. The third kappa shape index (κ3) is 9.48. The van der Waals surface area contributed by atoms with Crippen LogP contribution in [0.25, 0.3) is 0 Å². The van der Waals surface area contributed by atoms with Crippen LogP contribution in [0, 0.1) is 0 Å². The van der Waals surface area contributed by atoms with Crippen LogP contribution in [0.3, 0.4) is 0 Å². The molecule has 4 N–H and O–H groups in total. The third-order valence-corrected chi connectivity index (χ3v) is 5.28. The van der Waals surface area contributed by atoms with E-state index in [2.05, 4.69) is 31.7 Å². The van der Waals surface area contributed by atoms with Crippen molar-refractivity contribution in [3.63, 3.8) is 0 Å². The number of hydrazone groups is 2. The molecule has 0 spiro atoms. The Kier molecular flexibility index (Phi) is 12.8. The maximum Gasteiger partial charge on any atom is 1.00 e. The van der Waals surface area contributed by atoms with Gasteiger partial charge in [0.1, 0.15) is 0 Å². The Labute approximate surface area is 282 Å². The van der Waals surface area contributed by atoms with Crippen molar-refractivity contribution in [2.24, 2.45) is 10.2 Å². The average molecular weight is 584 g/mol. The van der Waals surface area contributed by atoms with Gasteiger partial charge in [0, 0.05) is 22.5 Å². The first-order valence-corrected chi connectivity index (χ1v) is 11.4. The first-order chi connectivity index (χ1) is 19.2. The molecule has 2 aromatic carbocycles. The number of anilines is 4.